The number of carbonyl (C=O) groups excluding carboxylic acids is 1. The van der Waals surface area contributed by atoms with E-state index in [-0.39, 0.29) is 5.91 Å². The molecule has 0 radical (unpaired) electrons. The van der Waals surface area contributed by atoms with Gasteiger partial charge in [0.05, 0.1) is 20.1 Å². The lowest BCUT2D eigenvalue weighted by Crippen LogP contribution is -2.27. The van der Waals surface area contributed by atoms with Crippen LogP contribution in [0.25, 0.3) is 0 Å². The number of likely N-dealkylation sites (N-methyl/N-ethyl adjacent to an activating group) is 1. The maximum Gasteiger partial charge on any atom is 0.227 e. The molecule has 5 heteroatoms. The number of nitrogens with zero attached hydrogens (tertiary/aromatic N) is 2. The second-order valence-electron chi connectivity index (χ2n) is 5.16. The lowest BCUT2D eigenvalue weighted by molar-refractivity contribution is -0.129. The van der Waals surface area contributed by atoms with Gasteiger partial charge in [-0.25, -0.2) is 0 Å². The van der Waals surface area contributed by atoms with Crippen LogP contribution in [0, 0.1) is 13.8 Å². The predicted octanol–water partition coefficient (Wildman–Crippen LogP) is 2.50. The van der Waals surface area contributed by atoms with E-state index in [9.17, 15) is 4.79 Å². The highest BCUT2D eigenvalue weighted by Crippen LogP contribution is 2.19. The largest absolute Gasteiger partial charge is 0.496 e. The topological polar surface area (TPSA) is 55.6 Å². The molecule has 0 bridgehead atoms. The quantitative estimate of drug-likeness (QED) is 0.848. The van der Waals surface area contributed by atoms with Crippen molar-refractivity contribution in [1.29, 1.82) is 0 Å². The molecule has 0 N–H and O–H groups in total. The number of aryl methyl sites for hydroxylation is 2. The van der Waals surface area contributed by atoms with Crippen molar-refractivity contribution >= 4 is 5.91 Å². The molecule has 1 aromatic heterocycles. The van der Waals surface area contributed by atoms with Gasteiger partial charge in [-0.15, -0.1) is 0 Å². The van der Waals surface area contributed by atoms with Gasteiger partial charge in [-0.05, 0) is 31.0 Å². The highest BCUT2D eigenvalue weighted by Gasteiger charge is 2.13. The lowest BCUT2D eigenvalue weighted by atomic mass is 10.1. The average Bonchev–Trinajstić information content (AvgIpc) is 2.86. The van der Waals surface area contributed by atoms with Gasteiger partial charge >= 0.3 is 0 Å². The predicted molar refractivity (Wildman–Crippen MR) is 79.1 cm³/mol. The summed E-state index contributed by atoms with van der Waals surface area (Å²) in [6, 6.07) is 7.65. The third-order valence-corrected chi connectivity index (χ3v) is 3.33. The zero-order valence-electron chi connectivity index (χ0n) is 12.8. The van der Waals surface area contributed by atoms with Crippen LogP contribution in [0.5, 0.6) is 5.75 Å². The number of amides is 1. The fourth-order valence-corrected chi connectivity index (χ4v) is 2.11. The summed E-state index contributed by atoms with van der Waals surface area (Å²) in [5.74, 6) is 1.57. The smallest absolute Gasteiger partial charge is 0.227 e. The Morgan fingerprint density at radius 2 is 2.10 bits per heavy atom. The number of rotatable bonds is 5. The molecule has 1 aromatic carbocycles. The van der Waals surface area contributed by atoms with Crippen molar-refractivity contribution in [2.24, 2.45) is 0 Å². The number of aromatic nitrogens is 1. The van der Waals surface area contributed by atoms with Gasteiger partial charge in [0.1, 0.15) is 17.2 Å². The van der Waals surface area contributed by atoms with E-state index in [1.165, 1.54) is 0 Å². The van der Waals surface area contributed by atoms with Gasteiger partial charge in [0.2, 0.25) is 5.91 Å². The fraction of sp³-hybridized carbons (Fsp3) is 0.375. The van der Waals surface area contributed by atoms with Gasteiger partial charge in [0, 0.05) is 13.1 Å². The molecule has 1 heterocycles. The van der Waals surface area contributed by atoms with Gasteiger partial charge in [-0.2, -0.15) is 0 Å². The van der Waals surface area contributed by atoms with Crippen LogP contribution in [0.15, 0.2) is 28.8 Å². The first-order chi connectivity index (χ1) is 9.99. The number of hydrogen-bond donors (Lipinski definition) is 0. The van der Waals surface area contributed by atoms with Crippen LogP contribution < -0.4 is 4.74 Å². The van der Waals surface area contributed by atoms with Crippen molar-refractivity contribution in [3.8, 4) is 5.75 Å². The number of ether oxygens (including phenoxy) is 1. The minimum Gasteiger partial charge on any atom is -0.496 e. The summed E-state index contributed by atoms with van der Waals surface area (Å²) < 4.78 is 10.3. The molecule has 2 rings (SSSR count). The van der Waals surface area contributed by atoms with Crippen LogP contribution >= 0.6 is 0 Å². The number of hydrogen-bond acceptors (Lipinski definition) is 4. The Hall–Kier alpha value is -2.30. The standard InChI is InChI=1S/C16H20N2O3/c1-11-5-6-13(8-15(11)20-4)9-16(19)18(3)10-14-7-12(2)21-17-14/h5-8H,9-10H2,1-4H3. The molecule has 0 unspecified atom stereocenters. The van der Waals surface area contributed by atoms with Gasteiger partial charge < -0.3 is 14.2 Å². The second-order valence-corrected chi connectivity index (χ2v) is 5.16. The van der Waals surface area contributed by atoms with E-state index in [0.29, 0.717) is 13.0 Å². The van der Waals surface area contributed by atoms with E-state index in [0.717, 1.165) is 28.3 Å². The van der Waals surface area contributed by atoms with Crippen LogP contribution in [-0.2, 0) is 17.8 Å². The molecule has 0 aliphatic carbocycles. The zero-order chi connectivity index (χ0) is 15.4. The van der Waals surface area contributed by atoms with Crippen LogP contribution in [0.1, 0.15) is 22.6 Å². The fourth-order valence-electron chi connectivity index (χ4n) is 2.11. The maximum atomic E-state index is 12.2. The summed E-state index contributed by atoms with van der Waals surface area (Å²) in [7, 11) is 3.39. The van der Waals surface area contributed by atoms with Crippen molar-refractivity contribution in [2.45, 2.75) is 26.8 Å². The van der Waals surface area contributed by atoms with Crippen molar-refractivity contribution < 1.29 is 14.1 Å². The van der Waals surface area contributed by atoms with Crippen LogP contribution in [0.4, 0.5) is 0 Å². The third kappa shape index (κ3) is 3.84. The molecule has 1 amide bonds. The zero-order valence-corrected chi connectivity index (χ0v) is 12.8. The third-order valence-electron chi connectivity index (χ3n) is 3.33. The van der Waals surface area contributed by atoms with E-state index in [2.05, 4.69) is 5.16 Å². The van der Waals surface area contributed by atoms with Crippen molar-refractivity contribution in [1.82, 2.24) is 10.1 Å². The summed E-state index contributed by atoms with van der Waals surface area (Å²) in [4.78, 5) is 13.9. The molecule has 0 aliphatic rings. The first-order valence-corrected chi connectivity index (χ1v) is 6.79. The normalized spacial score (nSPS) is 10.5. The van der Waals surface area contributed by atoms with E-state index in [4.69, 9.17) is 9.26 Å². The van der Waals surface area contributed by atoms with Gasteiger partial charge in [-0.1, -0.05) is 17.3 Å². The van der Waals surface area contributed by atoms with Gasteiger partial charge in [0.15, 0.2) is 0 Å². The summed E-state index contributed by atoms with van der Waals surface area (Å²) in [6.45, 7) is 4.25. The minimum atomic E-state index is 0.0292. The Kier molecular flexibility index (Phi) is 4.62. The van der Waals surface area contributed by atoms with Crippen LogP contribution in [-0.4, -0.2) is 30.1 Å². The molecule has 0 atom stereocenters. The molecule has 0 fully saturated rings. The van der Waals surface area contributed by atoms with Crippen molar-refractivity contribution in [3.05, 3.63) is 46.8 Å². The Bertz CT molecular complexity index is 634. The van der Waals surface area contributed by atoms with Crippen LogP contribution in [0.3, 0.4) is 0 Å². The van der Waals surface area contributed by atoms with Crippen molar-refractivity contribution in [2.75, 3.05) is 14.2 Å². The molecule has 0 aliphatic heterocycles. The molecule has 21 heavy (non-hydrogen) atoms. The monoisotopic (exact) mass is 288 g/mol. The molecular formula is C16H20N2O3. The number of benzene rings is 1. The summed E-state index contributed by atoms with van der Waals surface area (Å²) in [6.07, 6.45) is 0.337. The Labute approximate surface area is 124 Å². The van der Waals surface area contributed by atoms with E-state index in [1.807, 2.05) is 38.1 Å². The molecular weight excluding hydrogens is 268 g/mol. The summed E-state index contributed by atoms with van der Waals surface area (Å²) in [5, 5.41) is 3.90. The molecule has 0 saturated carbocycles. The molecule has 5 nitrogen and oxygen atoms in total. The SMILES string of the molecule is COc1cc(CC(=O)N(C)Cc2cc(C)on2)ccc1C. The molecule has 2 aromatic rings. The van der Waals surface area contributed by atoms with Gasteiger partial charge in [0.25, 0.3) is 0 Å². The molecule has 112 valence electrons. The lowest BCUT2D eigenvalue weighted by Gasteiger charge is -2.16. The Morgan fingerprint density at radius 1 is 1.33 bits per heavy atom. The van der Waals surface area contributed by atoms with Gasteiger partial charge in [-0.3, -0.25) is 4.79 Å². The van der Waals surface area contributed by atoms with Crippen molar-refractivity contribution in [3.63, 3.8) is 0 Å². The summed E-state index contributed by atoms with van der Waals surface area (Å²) >= 11 is 0. The minimum absolute atomic E-state index is 0.0292. The number of carbonyl (C=O) groups is 1. The Balaban J connectivity index is 2.00. The highest BCUT2D eigenvalue weighted by molar-refractivity contribution is 5.78. The highest BCUT2D eigenvalue weighted by atomic mass is 16.5. The summed E-state index contributed by atoms with van der Waals surface area (Å²) in [5.41, 5.74) is 2.75. The molecule has 0 saturated heterocycles. The van der Waals surface area contributed by atoms with E-state index >= 15 is 0 Å². The second kappa shape index (κ2) is 6.43. The Morgan fingerprint density at radius 3 is 2.71 bits per heavy atom. The first-order valence-electron chi connectivity index (χ1n) is 6.79. The van der Waals surface area contributed by atoms with E-state index in [1.54, 1.807) is 19.1 Å². The first kappa shape index (κ1) is 15.1. The van der Waals surface area contributed by atoms with E-state index < -0.39 is 0 Å². The van der Waals surface area contributed by atoms with Crippen LogP contribution in [0.2, 0.25) is 0 Å². The molecule has 0 spiro atoms. The maximum absolute atomic E-state index is 12.2. The number of methoxy groups -OCH3 is 1. The average molecular weight is 288 g/mol.